The molecule has 0 amide bonds. The van der Waals surface area contributed by atoms with Crippen LogP contribution < -0.4 is 15.8 Å². The predicted molar refractivity (Wildman–Crippen MR) is 71.7 cm³/mol. The Kier molecular flexibility index (Phi) is 3.57. The Morgan fingerprint density at radius 3 is 2.35 bits per heavy atom. The maximum absolute atomic E-state index is 5.78. The smallest absolute Gasteiger partial charge is 0.124 e. The first-order valence-corrected chi connectivity index (χ1v) is 6.25. The minimum atomic E-state index is 0.432. The number of aryl methyl sites for hydroxylation is 2. The van der Waals surface area contributed by atoms with Gasteiger partial charge >= 0.3 is 0 Å². The zero-order valence-electron chi connectivity index (χ0n) is 10.9. The van der Waals surface area contributed by atoms with E-state index in [1.165, 1.54) is 16.8 Å². The molecule has 3 N–H and O–H groups in total. The molecule has 1 fully saturated rings. The molecule has 0 bridgehead atoms. The van der Waals surface area contributed by atoms with E-state index in [4.69, 9.17) is 10.5 Å². The van der Waals surface area contributed by atoms with E-state index in [0.717, 1.165) is 31.1 Å². The van der Waals surface area contributed by atoms with Crippen molar-refractivity contribution in [3.63, 3.8) is 0 Å². The van der Waals surface area contributed by atoms with Crippen LogP contribution >= 0.6 is 0 Å². The van der Waals surface area contributed by atoms with E-state index in [1.807, 2.05) is 0 Å². The molecule has 0 spiro atoms. The SMILES string of the molecule is COc1c(C)cc(NCC2CC(N)C2)cc1C. The Morgan fingerprint density at radius 2 is 1.88 bits per heavy atom. The third-order valence-electron chi connectivity index (χ3n) is 3.53. The third-order valence-corrected chi connectivity index (χ3v) is 3.53. The molecular formula is C14H22N2O. The zero-order chi connectivity index (χ0) is 12.4. The van der Waals surface area contributed by atoms with E-state index in [2.05, 4.69) is 31.3 Å². The fraction of sp³-hybridized carbons (Fsp3) is 0.571. The van der Waals surface area contributed by atoms with Crippen LogP contribution in [0.15, 0.2) is 12.1 Å². The van der Waals surface area contributed by atoms with Crippen molar-refractivity contribution in [2.45, 2.75) is 32.7 Å². The highest BCUT2D eigenvalue weighted by molar-refractivity contribution is 5.55. The van der Waals surface area contributed by atoms with Crippen LogP contribution in [0, 0.1) is 19.8 Å². The van der Waals surface area contributed by atoms with Crippen molar-refractivity contribution in [1.82, 2.24) is 0 Å². The molecule has 0 saturated heterocycles. The molecule has 0 heterocycles. The number of rotatable bonds is 4. The molecule has 0 unspecified atom stereocenters. The van der Waals surface area contributed by atoms with Crippen molar-refractivity contribution in [2.24, 2.45) is 11.7 Å². The van der Waals surface area contributed by atoms with Gasteiger partial charge in [-0.3, -0.25) is 0 Å². The summed E-state index contributed by atoms with van der Waals surface area (Å²) in [4.78, 5) is 0. The summed E-state index contributed by atoms with van der Waals surface area (Å²) in [7, 11) is 1.72. The number of nitrogens with one attached hydrogen (secondary N) is 1. The summed E-state index contributed by atoms with van der Waals surface area (Å²) in [6, 6.07) is 4.72. The van der Waals surface area contributed by atoms with Crippen LogP contribution in [0.3, 0.4) is 0 Å². The molecule has 0 aromatic heterocycles. The Balaban J connectivity index is 1.97. The van der Waals surface area contributed by atoms with Crippen molar-refractivity contribution in [2.75, 3.05) is 19.0 Å². The van der Waals surface area contributed by atoms with Crippen molar-refractivity contribution < 1.29 is 4.74 Å². The highest BCUT2D eigenvalue weighted by Gasteiger charge is 2.25. The molecule has 17 heavy (non-hydrogen) atoms. The van der Waals surface area contributed by atoms with Crippen LogP contribution in [0.4, 0.5) is 5.69 Å². The largest absolute Gasteiger partial charge is 0.496 e. The lowest BCUT2D eigenvalue weighted by Crippen LogP contribution is -2.39. The number of methoxy groups -OCH3 is 1. The topological polar surface area (TPSA) is 47.3 Å². The number of ether oxygens (including phenoxy) is 1. The minimum Gasteiger partial charge on any atom is -0.496 e. The van der Waals surface area contributed by atoms with Gasteiger partial charge in [-0.25, -0.2) is 0 Å². The second kappa shape index (κ2) is 4.96. The molecule has 1 aromatic rings. The quantitative estimate of drug-likeness (QED) is 0.841. The molecule has 1 aliphatic rings. The lowest BCUT2D eigenvalue weighted by Gasteiger charge is -2.32. The van der Waals surface area contributed by atoms with E-state index >= 15 is 0 Å². The summed E-state index contributed by atoms with van der Waals surface area (Å²) in [5, 5.41) is 3.49. The van der Waals surface area contributed by atoms with Gasteiger partial charge in [0.15, 0.2) is 0 Å². The lowest BCUT2D eigenvalue weighted by molar-refractivity contribution is 0.280. The average molecular weight is 234 g/mol. The first kappa shape index (κ1) is 12.2. The van der Waals surface area contributed by atoms with Crippen molar-refractivity contribution >= 4 is 5.69 Å². The lowest BCUT2D eigenvalue weighted by atomic mass is 9.81. The maximum atomic E-state index is 5.78. The molecule has 1 saturated carbocycles. The van der Waals surface area contributed by atoms with Gasteiger partial charge in [0, 0.05) is 18.3 Å². The summed E-state index contributed by atoms with van der Waals surface area (Å²) in [5.41, 5.74) is 9.32. The van der Waals surface area contributed by atoms with E-state index in [9.17, 15) is 0 Å². The van der Waals surface area contributed by atoms with Crippen LogP contribution in [0.1, 0.15) is 24.0 Å². The number of nitrogens with two attached hydrogens (primary N) is 1. The van der Waals surface area contributed by atoms with E-state index in [0.29, 0.717) is 6.04 Å². The molecule has 3 nitrogen and oxygen atoms in total. The van der Waals surface area contributed by atoms with Gasteiger partial charge in [-0.15, -0.1) is 0 Å². The van der Waals surface area contributed by atoms with Crippen LogP contribution in [0.25, 0.3) is 0 Å². The van der Waals surface area contributed by atoms with Gasteiger partial charge in [-0.1, -0.05) is 0 Å². The highest BCUT2D eigenvalue weighted by atomic mass is 16.5. The Bertz CT molecular complexity index is 374. The normalized spacial score (nSPS) is 23.1. The van der Waals surface area contributed by atoms with Gasteiger partial charge in [0.25, 0.3) is 0 Å². The molecular weight excluding hydrogens is 212 g/mol. The molecule has 1 aromatic carbocycles. The summed E-state index contributed by atoms with van der Waals surface area (Å²) in [6.45, 7) is 5.19. The van der Waals surface area contributed by atoms with Gasteiger partial charge in [-0.2, -0.15) is 0 Å². The van der Waals surface area contributed by atoms with Crippen LogP contribution in [-0.2, 0) is 0 Å². The van der Waals surface area contributed by atoms with Gasteiger partial charge in [0.05, 0.1) is 7.11 Å². The minimum absolute atomic E-state index is 0.432. The second-order valence-corrected chi connectivity index (χ2v) is 5.12. The first-order valence-electron chi connectivity index (χ1n) is 6.25. The molecule has 94 valence electrons. The number of hydrogen-bond donors (Lipinski definition) is 2. The molecule has 0 aliphatic heterocycles. The average Bonchev–Trinajstić information content (AvgIpc) is 2.22. The van der Waals surface area contributed by atoms with E-state index < -0.39 is 0 Å². The summed E-state index contributed by atoms with van der Waals surface area (Å²) < 4.78 is 5.36. The Morgan fingerprint density at radius 1 is 1.29 bits per heavy atom. The fourth-order valence-electron chi connectivity index (χ4n) is 2.59. The second-order valence-electron chi connectivity index (χ2n) is 5.12. The first-order chi connectivity index (χ1) is 8.10. The number of benzene rings is 1. The molecule has 3 heteroatoms. The predicted octanol–water partition coefficient (Wildman–Crippen LogP) is 2.46. The molecule has 0 atom stereocenters. The highest BCUT2D eigenvalue weighted by Crippen LogP contribution is 2.29. The molecule has 2 rings (SSSR count). The zero-order valence-corrected chi connectivity index (χ0v) is 10.9. The monoisotopic (exact) mass is 234 g/mol. The summed E-state index contributed by atoms with van der Waals surface area (Å²) >= 11 is 0. The van der Waals surface area contributed by atoms with E-state index in [1.54, 1.807) is 7.11 Å². The van der Waals surface area contributed by atoms with Gasteiger partial charge in [-0.05, 0) is 55.9 Å². The van der Waals surface area contributed by atoms with Crippen molar-refractivity contribution in [3.05, 3.63) is 23.3 Å². The van der Waals surface area contributed by atoms with Gasteiger partial charge in [0.1, 0.15) is 5.75 Å². The number of hydrogen-bond acceptors (Lipinski definition) is 3. The number of anilines is 1. The van der Waals surface area contributed by atoms with Crippen LogP contribution in [0.5, 0.6) is 5.75 Å². The third kappa shape index (κ3) is 2.72. The molecule has 0 radical (unpaired) electrons. The van der Waals surface area contributed by atoms with Crippen molar-refractivity contribution in [1.29, 1.82) is 0 Å². The summed E-state index contributed by atoms with van der Waals surface area (Å²) in [6.07, 6.45) is 2.31. The van der Waals surface area contributed by atoms with E-state index in [-0.39, 0.29) is 0 Å². The van der Waals surface area contributed by atoms with Crippen LogP contribution in [0.2, 0.25) is 0 Å². The fourth-order valence-corrected chi connectivity index (χ4v) is 2.59. The van der Waals surface area contributed by atoms with Crippen LogP contribution in [-0.4, -0.2) is 19.7 Å². The summed E-state index contributed by atoms with van der Waals surface area (Å²) in [5.74, 6) is 1.73. The van der Waals surface area contributed by atoms with Crippen molar-refractivity contribution in [3.8, 4) is 5.75 Å². The van der Waals surface area contributed by atoms with Gasteiger partial charge in [0.2, 0.25) is 0 Å². The molecule has 1 aliphatic carbocycles. The standard InChI is InChI=1S/C14H22N2O/c1-9-4-13(5-10(2)14(9)17-3)16-8-11-6-12(15)7-11/h4-5,11-12,16H,6-8,15H2,1-3H3. The Labute approximate surface area is 103 Å². The van der Waals surface area contributed by atoms with Gasteiger partial charge < -0.3 is 15.8 Å². The maximum Gasteiger partial charge on any atom is 0.124 e. The Hall–Kier alpha value is -1.22.